The van der Waals surface area contributed by atoms with Crippen molar-refractivity contribution in [3.05, 3.63) is 21.8 Å². The molecule has 2 rings (SSSR count). The van der Waals surface area contributed by atoms with Gasteiger partial charge >= 0.3 is 0 Å². The SMILES string of the molecule is ClCC1CCN(c2ncc(Cl)cc2Br)CC1. The summed E-state index contributed by atoms with van der Waals surface area (Å²) in [6.45, 7) is 2.04. The van der Waals surface area contributed by atoms with Crippen molar-refractivity contribution < 1.29 is 0 Å². The molecule has 2 nitrogen and oxygen atoms in total. The molecule has 5 heteroatoms. The molecule has 1 aliphatic heterocycles. The van der Waals surface area contributed by atoms with Crippen LogP contribution < -0.4 is 4.90 Å². The molecule has 0 atom stereocenters. The molecule has 2 heterocycles. The van der Waals surface area contributed by atoms with Crippen molar-refractivity contribution in [1.29, 1.82) is 0 Å². The average Bonchev–Trinajstić information content (AvgIpc) is 2.29. The summed E-state index contributed by atoms with van der Waals surface area (Å²) in [7, 11) is 0. The summed E-state index contributed by atoms with van der Waals surface area (Å²) >= 11 is 15.2. The van der Waals surface area contributed by atoms with Crippen LogP contribution in [0.4, 0.5) is 5.82 Å². The lowest BCUT2D eigenvalue weighted by Gasteiger charge is -2.32. The van der Waals surface area contributed by atoms with Gasteiger partial charge < -0.3 is 4.90 Å². The van der Waals surface area contributed by atoms with Gasteiger partial charge in [0.25, 0.3) is 0 Å². The van der Waals surface area contributed by atoms with E-state index in [1.165, 1.54) is 0 Å². The van der Waals surface area contributed by atoms with Gasteiger partial charge in [-0.05, 0) is 40.8 Å². The number of anilines is 1. The molecule has 16 heavy (non-hydrogen) atoms. The highest BCUT2D eigenvalue weighted by atomic mass is 79.9. The van der Waals surface area contributed by atoms with E-state index < -0.39 is 0 Å². The summed E-state index contributed by atoms with van der Waals surface area (Å²) in [6.07, 6.45) is 3.97. The van der Waals surface area contributed by atoms with Crippen LogP contribution in [0.25, 0.3) is 0 Å². The minimum Gasteiger partial charge on any atom is -0.356 e. The van der Waals surface area contributed by atoms with Gasteiger partial charge in [-0.3, -0.25) is 0 Å². The zero-order chi connectivity index (χ0) is 11.5. The van der Waals surface area contributed by atoms with Crippen LogP contribution >= 0.6 is 39.1 Å². The predicted octanol–water partition coefficient (Wildman–Crippen LogP) is 3.95. The second kappa shape index (κ2) is 5.56. The highest BCUT2D eigenvalue weighted by Gasteiger charge is 2.20. The molecule has 0 N–H and O–H groups in total. The van der Waals surface area contributed by atoms with E-state index in [2.05, 4.69) is 25.8 Å². The van der Waals surface area contributed by atoms with Gasteiger partial charge in [0.1, 0.15) is 5.82 Å². The zero-order valence-corrected chi connectivity index (χ0v) is 11.9. The first kappa shape index (κ1) is 12.5. The number of nitrogens with zero attached hydrogens (tertiary/aromatic N) is 2. The van der Waals surface area contributed by atoms with Gasteiger partial charge in [-0.15, -0.1) is 11.6 Å². The first-order valence-corrected chi connectivity index (χ1v) is 7.03. The third kappa shape index (κ3) is 2.82. The minimum absolute atomic E-state index is 0.656. The molecule has 1 saturated heterocycles. The Morgan fingerprint density at radius 3 is 2.69 bits per heavy atom. The molecule has 0 aliphatic carbocycles. The fraction of sp³-hybridized carbons (Fsp3) is 0.545. The first-order chi connectivity index (χ1) is 7.70. The normalized spacial score (nSPS) is 17.8. The number of halogens is 3. The molecular formula is C11H13BrCl2N2. The number of piperidine rings is 1. The van der Waals surface area contributed by atoms with E-state index in [1.54, 1.807) is 6.20 Å². The van der Waals surface area contributed by atoms with Crippen LogP contribution in [0.2, 0.25) is 5.02 Å². The Labute approximate surface area is 114 Å². The fourth-order valence-corrected chi connectivity index (χ4v) is 3.14. The smallest absolute Gasteiger partial charge is 0.142 e. The van der Waals surface area contributed by atoms with Gasteiger partial charge in [0.15, 0.2) is 0 Å². The summed E-state index contributed by atoms with van der Waals surface area (Å²) in [6, 6.07) is 1.89. The second-order valence-electron chi connectivity index (χ2n) is 4.04. The molecule has 1 aromatic rings. The van der Waals surface area contributed by atoms with Crippen LogP contribution in [0.3, 0.4) is 0 Å². The van der Waals surface area contributed by atoms with E-state index in [-0.39, 0.29) is 0 Å². The molecule has 88 valence electrons. The Morgan fingerprint density at radius 2 is 2.12 bits per heavy atom. The maximum Gasteiger partial charge on any atom is 0.142 e. The summed E-state index contributed by atoms with van der Waals surface area (Å²) < 4.78 is 0.962. The van der Waals surface area contributed by atoms with E-state index in [1.807, 2.05) is 6.07 Å². The Bertz CT molecular complexity index is 365. The average molecular weight is 324 g/mol. The van der Waals surface area contributed by atoms with Crippen molar-refractivity contribution in [2.75, 3.05) is 23.9 Å². The number of aromatic nitrogens is 1. The molecule has 0 aromatic carbocycles. The third-order valence-corrected chi connectivity index (χ3v) is 4.15. The summed E-state index contributed by atoms with van der Waals surface area (Å²) in [5.74, 6) is 2.41. The second-order valence-corrected chi connectivity index (χ2v) is 5.64. The van der Waals surface area contributed by atoms with E-state index in [0.717, 1.165) is 42.1 Å². The van der Waals surface area contributed by atoms with E-state index >= 15 is 0 Å². The number of hydrogen-bond acceptors (Lipinski definition) is 2. The Hall–Kier alpha value is 0.01000. The molecule has 0 bridgehead atoms. The standard InChI is InChI=1S/C11H13BrCl2N2/c12-10-5-9(14)7-15-11(10)16-3-1-8(6-13)2-4-16/h5,7-8H,1-4,6H2. The largest absolute Gasteiger partial charge is 0.356 e. The first-order valence-electron chi connectivity index (χ1n) is 5.32. The Morgan fingerprint density at radius 1 is 1.44 bits per heavy atom. The van der Waals surface area contributed by atoms with Gasteiger partial charge in [0.2, 0.25) is 0 Å². The van der Waals surface area contributed by atoms with Crippen molar-refractivity contribution in [3.8, 4) is 0 Å². The number of pyridine rings is 1. The van der Waals surface area contributed by atoms with Gasteiger partial charge in [0.05, 0.1) is 9.50 Å². The minimum atomic E-state index is 0.656. The quantitative estimate of drug-likeness (QED) is 0.766. The lowest BCUT2D eigenvalue weighted by atomic mass is 9.99. The maximum atomic E-state index is 5.87. The maximum absolute atomic E-state index is 5.87. The van der Waals surface area contributed by atoms with Gasteiger partial charge in [-0.2, -0.15) is 0 Å². The highest BCUT2D eigenvalue weighted by Crippen LogP contribution is 2.29. The number of rotatable bonds is 2. The monoisotopic (exact) mass is 322 g/mol. The zero-order valence-electron chi connectivity index (χ0n) is 8.80. The highest BCUT2D eigenvalue weighted by molar-refractivity contribution is 9.10. The summed E-state index contributed by atoms with van der Waals surface area (Å²) in [5.41, 5.74) is 0. The molecule has 0 amide bonds. The van der Waals surface area contributed by atoms with Crippen molar-refractivity contribution in [2.45, 2.75) is 12.8 Å². The summed E-state index contributed by atoms with van der Waals surface area (Å²) in [4.78, 5) is 6.65. The van der Waals surface area contributed by atoms with Crippen molar-refractivity contribution in [3.63, 3.8) is 0 Å². The third-order valence-electron chi connectivity index (χ3n) is 2.92. The van der Waals surface area contributed by atoms with Crippen LogP contribution in [-0.4, -0.2) is 24.0 Å². The van der Waals surface area contributed by atoms with Gasteiger partial charge in [-0.25, -0.2) is 4.98 Å². The van der Waals surface area contributed by atoms with Crippen LogP contribution in [0, 0.1) is 5.92 Å². The molecule has 0 radical (unpaired) electrons. The van der Waals surface area contributed by atoms with Crippen molar-refractivity contribution >= 4 is 44.9 Å². The molecule has 1 aromatic heterocycles. The van der Waals surface area contributed by atoms with E-state index in [9.17, 15) is 0 Å². The number of hydrogen-bond donors (Lipinski definition) is 0. The van der Waals surface area contributed by atoms with Gasteiger partial charge in [-0.1, -0.05) is 11.6 Å². The van der Waals surface area contributed by atoms with Crippen LogP contribution in [0.1, 0.15) is 12.8 Å². The lowest BCUT2D eigenvalue weighted by molar-refractivity contribution is 0.440. The molecule has 1 fully saturated rings. The molecule has 1 aliphatic rings. The molecular weight excluding hydrogens is 311 g/mol. The molecule has 0 saturated carbocycles. The van der Waals surface area contributed by atoms with Crippen LogP contribution in [-0.2, 0) is 0 Å². The van der Waals surface area contributed by atoms with E-state index in [0.29, 0.717) is 10.9 Å². The van der Waals surface area contributed by atoms with Crippen LogP contribution in [0.5, 0.6) is 0 Å². The lowest BCUT2D eigenvalue weighted by Crippen LogP contribution is -2.34. The predicted molar refractivity (Wildman–Crippen MR) is 72.6 cm³/mol. The van der Waals surface area contributed by atoms with E-state index in [4.69, 9.17) is 23.2 Å². The van der Waals surface area contributed by atoms with Crippen molar-refractivity contribution in [1.82, 2.24) is 4.98 Å². The number of alkyl halides is 1. The Balaban J connectivity index is 2.08. The van der Waals surface area contributed by atoms with Gasteiger partial charge in [0, 0.05) is 25.2 Å². The Kier molecular flexibility index (Phi) is 4.34. The molecule has 0 unspecified atom stereocenters. The molecule has 0 spiro atoms. The van der Waals surface area contributed by atoms with Crippen LogP contribution in [0.15, 0.2) is 16.7 Å². The summed E-state index contributed by atoms with van der Waals surface area (Å²) in [5, 5.41) is 0.659. The topological polar surface area (TPSA) is 16.1 Å². The van der Waals surface area contributed by atoms with Crippen molar-refractivity contribution in [2.24, 2.45) is 5.92 Å². The fourth-order valence-electron chi connectivity index (χ4n) is 1.94.